The number of phenols is 1. The number of benzene rings is 2. The van der Waals surface area contributed by atoms with Crippen LogP contribution in [-0.2, 0) is 0 Å². The van der Waals surface area contributed by atoms with Gasteiger partial charge in [0.05, 0.1) is 11.7 Å². The summed E-state index contributed by atoms with van der Waals surface area (Å²) in [6.07, 6.45) is 1.18. The van der Waals surface area contributed by atoms with E-state index < -0.39 is 12.0 Å². The molecule has 146 valence electrons. The van der Waals surface area contributed by atoms with E-state index in [2.05, 4.69) is 36.3 Å². The average molecular weight is 371 g/mol. The number of amides is 1. The maximum absolute atomic E-state index is 11.3. The summed E-state index contributed by atoms with van der Waals surface area (Å²) in [5.74, 6) is -0.898. The van der Waals surface area contributed by atoms with Crippen LogP contribution in [0.5, 0.6) is 5.75 Å². The van der Waals surface area contributed by atoms with Gasteiger partial charge in [-0.25, -0.2) is 0 Å². The Morgan fingerprint density at radius 1 is 1.22 bits per heavy atom. The third-order valence-corrected chi connectivity index (χ3v) is 4.85. The molecule has 0 aliphatic carbocycles. The van der Waals surface area contributed by atoms with Gasteiger partial charge in [0, 0.05) is 25.3 Å². The van der Waals surface area contributed by atoms with Crippen LogP contribution in [0, 0.1) is 0 Å². The molecule has 0 aromatic heterocycles. The average Bonchev–Trinajstić information content (AvgIpc) is 2.68. The van der Waals surface area contributed by atoms with Crippen molar-refractivity contribution in [3.05, 3.63) is 59.7 Å². The lowest BCUT2D eigenvalue weighted by Crippen LogP contribution is -2.34. The molecule has 0 aliphatic rings. The predicted octanol–water partition coefficient (Wildman–Crippen LogP) is 2.42. The maximum Gasteiger partial charge on any atom is 0.252 e. The van der Waals surface area contributed by atoms with Crippen molar-refractivity contribution in [1.29, 1.82) is 0 Å². The normalized spacial score (nSPS) is 13.1. The third kappa shape index (κ3) is 5.70. The molecule has 0 saturated heterocycles. The van der Waals surface area contributed by atoms with Gasteiger partial charge in [-0.05, 0) is 49.2 Å². The molecule has 2 rings (SSSR count). The van der Waals surface area contributed by atoms with Gasteiger partial charge in [0.25, 0.3) is 5.91 Å². The highest BCUT2D eigenvalue weighted by Gasteiger charge is 2.15. The number of nitrogens with one attached hydrogen (secondary N) is 1. The monoisotopic (exact) mass is 371 g/mol. The van der Waals surface area contributed by atoms with Crippen LogP contribution >= 0.6 is 0 Å². The Labute approximate surface area is 160 Å². The fraction of sp³-hybridized carbons (Fsp3) is 0.381. The van der Waals surface area contributed by atoms with Crippen molar-refractivity contribution in [2.24, 2.45) is 5.73 Å². The van der Waals surface area contributed by atoms with Crippen LogP contribution in [0.15, 0.2) is 48.5 Å². The smallest absolute Gasteiger partial charge is 0.252 e. The van der Waals surface area contributed by atoms with Crippen molar-refractivity contribution in [2.45, 2.75) is 31.9 Å². The van der Waals surface area contributed by atoms with Gasteiger partial charge >= 0.3 is 0 Å². The fourth-order valence-electron chi connectivity index (χ4n) is 3.13. The molecule has 27 heavy (non-hydrogen) atoms. The first kappa shape index (κ1) is 20.7. The number of nitrogens with two attached hydrogens (primary N) is 1. The zero-order chi connectivity index (χ0) is 19.8. The van der Waals surface area contributed by atoms with Gasteiger partial charge in [0.2, 0.25) is 0 Å². The number of primary amides is 1. The Kier molecular flexibility index (Phi) is 7.64. The van der Waals surface area contributed by atoms with Crippen molar-refractivity contribution in [3.63, 3.8) is 0 Å². The maximum atomic E-state index is 11.3. The molecule has 2 atom stereocenters. The Hall–Kier alpha value is -2.57. The Bertz CT molecular complexity index is 737. The first-order valence-electron chi connectivity index (χ1n) is 9.23. The molecule has 2 aromatic carbocycles. The molecule has 0 saturated carbocycles. The Morgan fingerprint density at radius 2 is 1.93 bits per heavy atom. The van der Waals surface area contributed by atoms with E-state index in [-0.39, 0.29) is 11.3 Å². The van der Waals surface area contributed by atoms with Crippen molar-refractivity contribution in [2.75, 3.05) is 25.0 Å². The van der Waals surface area contributed by atoms with Crippen LogP contribution in [0.4, 0.5) is 5.69 Å². The number of anilines is 1. The zero-order valence-corrected chi connectivity index (χ0v) is 15.9. The van der Waals surface area contributed by atoms with Gasteiger partial charge in [0.15, 0.2) is 0 Å². The van der Waals surface area contributed by atoms with E-state index >= 15 is 0 Å². The molecule has 6 heteroatoms. The molecular weight excluding hydrogens is 342 g/mol. The summed E-state index contributed by atoms with van der Waals surface area (Å²) < 4.78 is 0. The first-order chi connectivity index (χ1) is 12.9. The second-order valence-corrected chi connectivity index (χ2v) is 6.66. The highest BCUT2D eigenvalue weighted by Crippen LogP contribution is 2.22. The van der Waals surface area contributed by atoms with Crippen LogP contribution in [0.1, 0.15) is 41.8 Å². The number of carbonyl (C=O) groups is 1. The number of nitrogens with zero attached hydrogens (tertiary/aromatic N) is 1. The first-order valence-corrected chi connectivity index (χ1v) is 9.23. The highest BCUT2D eigenvalue weighted by molar-refractivity contribution is 5.95. The molecule has 5 N–H and O–H groups in total. The van der Waals surface area contributed by atoms with Gasteiger partial charge in [-0.1, -0.05) is 31.2 Å². The lowest BCUT2D eigenvalue weighted by Gasteiger charge is -2.29. The van der Waals surface area contributed by atoms with Crippen LogP contribution in [0.25, 0.3) is 0 Å². The molecule has 6 nitrogen and oxygen atoms in total. The number of hydrogen-bond acceptors (Lipinski definition) is 5. The molecule has 0 bridgehead atoms. The van der Waals surface area contributed by atoms with Crippen LogP contribution in [-0.4, -0.2) is 42.3 Å². The Morgan fingerprint density at radius 3 is 2.56 bits per heavy atom. The van der Waals surface area contributed by atoms with Crippen LogP contribution < -0.4 is 16.0 Å². The lowest BCUT2D eigenvalue weighted by molar-refractivity contribution is 0.0997. The van der Waals surface area contributed by atoms with Gasteiger partial charge in [0.1, 0.15) is 5.75 Å². The Balaban J connectivity index is 1.85. The van der Waals surface area contributed by atoms with Gasteiger partial charge in [-0.2, -0.15) is 0 Å². The second-order valence-electron chi connectivity index (χ2n) is 6.66. The van der Waals surface area contributed by atoms with Gasteiger partial charge in [-0.3, -0.25) is 4.79 Å². The van der Waals surface area contributed by atoms with Crippen molar-refractivity contribution >= 4 is 11.6 Å². The van der Waals surface area contributed by atoms with E-state index in [9.17, 15) is 15.0 Å². The summed E-state index contributed by atoms with van der Waals surface area (Å²) in [6.45, 7) is 3.28. The number of aromatic hydroxyl groups is 1. The van der Waals surface area contributed by atoms with Crippen molar-refractivity contribution in [1.82, 2.24) is 5.32 Å². The minimum atomic E-state index is -0.782. The van der Waals surface area contributed by atoms with Crippen molar-refractivity contribution < 1.29 is 15.0 Å². The van der Waals surface area contributed by atoms with Crippen molar-refractivity contribution in [3.8, 4) is 5.75 Å². The summed E-state index contributed by atoms with van der Waals surface area (Å²) >= 11 is 0. The van der Waals surface area contributed by atoms with E-state index in [1.807, 2.05) is 18.2 Å². The van der Waals surface area contributed by atoms with E-state index in [4.69, 9.17) is 5.73 Å². The summed E-state index contributed by atoms with van der Waals surface area (Å²) in [6, 6.07) is 15.1. The summed E-state index contributed by atoms with van der Waals surface area (Å²) in [5, 5.41) is 23.2. The molecule has 1 amide bonds. The summed E-state index contributed by atoms with van der Waals surface area (Å²) in [7, 11) is 2.10. The fourth-order valence-corrected chi connectivity index (χ4v) is 3.13. The largest absolute Gasteiger partial charge is 0.507 e. The van der Waals surface area contributed by atoms with E-state index in [1.165, 1.54) is 17.8 Å². The zero-order valence-electron chi connectivity index (χ0n) is 15.9. The molecule has 0 aliphatic heterocycles. The minimum Gasteiger partial charge on any atom is -0.507 e. The van der Waals surface area contributed by atoms with E-state index in [0.29, 0.717) is 18.2 Å². The van der Waals surface area contributed by atoms with E-state index in [1.54, 1.807) is 6.07 Å². The quantitative estimate of drug-likeness (QED) is 0.481. The predicted molar refractivity (Wildman–Crippen MR) is 108 cm³/mol. The molecule has 0 fully saturated rings. The minimum absolute atomic E-state index is 0.0158. The van der Waals surface area contributed by atoms with Gasteiger partial charge < -0.3 is 26.2 Å². The molecular formula is C21H29N3O3. The molecule has 2 aromatic rings. The second kappa shape index (κ2) is 9.94. The topological polar surface area (TPSA) is 98.8 Å². The molecule has 0 heterocycles. The number of para-hydroxylation sites is 1. The molecule has 0 spiro atoms. The SMILES string of the molecule is CCC(CCNCC(O)c1ccc(O)c(C(N)=O)c1)N(C)c1ccccc1. The van der Waals surface area contributed by atoms with E-state index in [0.717, 1.165) is 19.4 Å². The number of aliphatic hydroxyl groups is 1. The number of carbonyl (C=O) groups excluding carboxylic acids is 1. The summed E-state index contributed by atoms with van der Waals surface area (Å²) in [5.41, 5.74) is 6.98. The number of aliphatic hydroxyl groups excluding tert-OH is 1. The number of hydrogen-bond donors (Lipinski definition) is 4. The highest BCUT2D eigenvalue weighted by atomic mass is 16.3. The third-order valence-electron chi connectivity index (χ3n) is 4.85. The van der Waals surface area contributed by atoms with Crippen LogP contribution in [0.2, 0.25) is 0 Å². The standard InChI is InChI=1S/C21H29N3O3/c1-3-16(24(2)17-7-5-4-6-8-17)11-12-23-14-20(26)15-9-10-19(25)18(13-15)21(22)27/h4-10,13,16,20,23,25-26H,3,11-12,14H2,1-2H3,(H2,22,27). The molecule has 2 unspecified atom stereocenters. The lowest BCUT2D eigenvalue weighted by atomic mass is 10.0. The summed E-state index contributed by atoms with van der Waals surface area (Å²) in [4.78, 5) is 13.6. The molecule has 0 radical (unpaired) electrons. The number of rotatable bonds is 10. The van der Waals surface area contributed by atoms with Crippen LogP contribution in [0.3, 0.4) is 0 Å². The van der Waals surface area contributed by atoms with Gasteiger partial charge in [-0.15, -0.1) is 0 Å².